The molecule has 0 aliphatic carbocycles. The summed E-state index contributed by atoms with van der Waals surface area (Å²) in [5.41, 5.74) is 0.207. The van der Waals surface area contributed by atoms with Gasteiger partial charge < -0.3 is 9.47 Å². The molecule has 0 atom stereocenters. The fourth-order valence-corrected chi connectivity index (χ4v) is 1.69. The molecule has 0 saturated carbocycles. The quantitative estimate of drug-likeness (QED) is 0.465. The first-order valence-corrected chi connectivity index (χ1v) is 6.30. The van der Waals surface area contributed by atoms with E-state index in [1.54, 1.807) is 24.3 Å². The van der Waals surface area contributed by atoms with Gasteiger partial charge in [0.1, 0.15) is 24.8 Å². The second kappa shape index (κ2) is 7.04. The number of nitrogens with zero attached hydrogens (tertiary/aromatic N) is 2. The highest BCUT2D eigenvalue weighted by atomic mass is 19.1. The highest BCUT2D eigenvalue weighted by molar-refractivity contribution is 5.46. The molecule has 0 unspecified atom stereocenters. The Balaban J connectivity index is 1.90. The van der Waals surface area contributed by atoms with E-state index in [1.807, 2.05) is 6.07 Å². The van der Waals surface area contributed by atoms with Crippen molar-refractivity contribution in [3.8, 4) is 17.6 Å². The number of nitro groups is 1. The molecule has 0 fully saturated rings. The van der Waals surface area contributed by atoms with Crippen LogP contribution in [0, 0.1) is 27.3 Å². The van der Waals surface area contributed by atoms with Crippen molar-refractivity contribution < 1.29 is 18.8 Å². The lowest BCUT2D eigenvalue weighted by molar-refractivity contribution is -0.385. The Morgan fingerprint density at radius 2 is 1.82 bits per heavy atom. The molecule has 0 heterocycles. The third-order valence-electron chi connectivity index (χ3n) is 2.71. The molecule has 2 aromatic rings. The molecule has 0 aliphatic heterocycles. The number of nitriles is 1. The highest BCUT2D eigenvalue weighted by Gasteiger charge is 2.15. The van der Waals surface area contributed by atoms with Gasteiger partial charge in [0.2, 0.25) is 0 Å². The van der Waals surface area contributed by atoms with Crippen molar-refractivity contribution >= 4 is 5.69 Å². The second-order valence-corrected chi connectivity index (χ2v) is 4.20. The molecule has 112 valence electrons. The number of hydrogen-bond donors (Lipinski definition) is 0. The van der Waals surface area contributed by atoms with Crippen molar-refractivity contribution in [3.05, 3.63) is 64.0 Å². The largest absolute Gasteiger partial charge is 0.490 e. The molecule has 0 amide bonds. The molecular formula is C15H11FN2O4. The molecule has 0 aromatic heterocycles. The third-order valence-corrected chi connectivity index (χ3v) is 2.71. The average molecular weight is 302 g/mol. The monoisotopic (exact) mass is 302 g/mol. The number of nitro benzene ring substituents is 1. The molecule has 7 heteroatoms. The molecule has 0 saturated heterocycles. The van der Waals surface area contributed by atoms with Crippen molar-refractivity contribution in [2.75, 3.05) is 13.2 Å². The fourth-order valence-electron chi connectivity index (χ4n) is 1.69. The second-order valence-electron chi connectivity index (χ2n) is 4.20. The Kier molecular flexibility index (Phi) is 4.88. The number of benzene rings is 2. The Morgan fingerprint density at radius 3 is 2.45 bits per heavy atom. The third kappa shape index (κ3) is 3.93. The topological polar surface area (TPSA) is 85.4 Å². The first-order valence-electron chi connectivity index (χ1n) is 6.30. The van der Waals surface area contributed by atoms with E-state index in [1.165, 1.54) is 0 Å². The minimum Gasteiger partial charge on any atom is -0.490 e. The maximum Gasteiger partial charge on any atom is 0.311 e. The van der Waals surface area contributed by atoms with Gasteiger partial charge in [-0.25, -0.2) is 4.39 Å². The predicted octanol–water partition coefficient (Wildman–Crippen LogP) is 3.06. The van der Waals surface area contributed by atoms with Crippen LogP contribution in [-0.4, -0.2) is 18.1 Å². The maximum atomic E-state index is 13.1. The molecule has 2 rings (SSSR count). The summed E-state index contributed by atoms with van der Waals surface area (Å²) in [6.07, 6.45) is 0. The summed E-state index contributed by atoms with van der Waals surface area (Å²) in [6, 6.07) is 11.5. The zero-order valence-electron chi connectivity index (χ0n) is 11.4. The molecule has 22 heavy (non-hydrogen) atoms. The number of rotatable bonds is 6. The Hall–Kier alpha value is -3.14. The smallest absolute Gasteiger partial charge is 0.311 e. The minimum absolute atomic E-state index is 0.0181. The molecule has 0 spiro atoms. The number of ether oxygens (including phenoxy) is 2. The van der Waals surface area contributed by atoms with Crippen LogP contribution in [0.1, 0.15) is 5.56 Å². The molecule has 0 N–H and O–H groups in total. The zero-order valence-corrected chi connectivity index (χ0v) is 11.4. The zero-order chi connectivity index (χ0) is 15.9. The summed E-state index contributed by atoms with van der Waals surface area (Å²) < 4.78 is 23.6. The summed E-state index contributed by atoms with van der Waals surface area (Å²) >= 11 is 0. The van der Waals surface area contributed by atoms with E-state index in [4.69, 9.17) is 14.7 Å². The number of halogens is 1. The van der Waals surface area contributed by atoms with Gasteiger partial charge in [-0.15, -0.1) is 0 Å². The van der Waals surface area contributed by atoms with E-state index < -0.39 is 10.7 Å². The van der Waals surface area contributed by atoms with Crippen molar-refractivity contribution in [1.82, 2.24) is 0 Å². The summed E-state index contributed by atoms with van der Waals surface area (Å²) in [5, 5.41) is 19.5. The normalized spacial score (nSPS) is 9.82. The van der Waals surface area contributed by atoms with Crippen LogP contribution < -0.4 is 9.47 Å². The predicted molar refractivity (Wildman–Crippen MR) is 75.2 cm³/mol. The lowest BCUT2D eigenvalue weighted by atomic mass is 10.2. The van der Waals surface area contributed by atoms with Gasteiger partial charge in [-0.3, -0.25) is 10.1 Å². The standard InChI is InChI=1S/C15H11FN2O4/c16-12-3-6-14(18(19)20)15(9-12)22-8-7-21-13-4-1-11(10-17)2-5-13/h1-6,9H,7-8H2. The SMILES string of the molecule is N#Cc1ccc(OCCOc2cc(F)ccc2[N+](=O)[O-])cc1. The molecule has 2 aromatic carbocycles. The van der Waals surface area contributed by atoms with Gasteiger partial charge in [0.05, 0.1) is 16.6 Å². The van der Waals surface area contributed by atoms with Crippen LogP contribution in [-0.2, 0) is 0 Å². The van der Waals surface area contributed by atoms with Crippen LogP contribution >= 0.6 is 0 Å². The van der Waals surface area contributed by atoms with E-state index in [0.29, 0.717) is 11.3 Å². The van der Waals surface area contributed by atoms with E-state index in [9.17, 15) is 14.5 Å². The first kappa shape index (κ1) is 15.3. The lowest BCUT2D eigenvalue weighted by Gasteiger charge is -2.08. The summed E-state index contributed by atoms with van der Waals surface area (Å²) in [4.78, 5) is 10.2. The van der Waals surface area contributed by atoms with Crippen LogP contribution in [0.5, 0.6) is 11.5 Å². The van der Waals surface area contributed by atoms with Crippen LogP contribution in [0.4, 0.5) is 10.1 Å². The van der Waals surface area contributed by atoms with Crippen molar-refractivity contribution in [3.63, 3.8) is 0 Å². The average Bonchev–Trinajstić information content (AvgIpc) is 2.52. The van der Waals surface area contributed by atoms with Gasteiger partial charge in [-0.1, -0.05) is 0 Å². The van der Waals surface area contributed by atoms with Crippen molar-refractivity contribution in [2.45, 2.75) is 0 Å². The van der Waals surface area contributed by atoms with Gasteiger partial charge in [0.15, 0.2) is 5.75 Å². The maximum absolute atomic E-state index is 13.1. The van der Waals surface area contributed by atoms with Gasteiger partial charge in [0, 0.05) is 12.1 Å². The van der Waals surface area contributed by atoms with Crippen molar-refractivity contribution in [2.24, 2.45) is 0 Å². The van der Waals surface area contributed by atoms with Gasteiger partial charge in [-0.2, -0.15) is 5.26 Å². The molecule has 0 radical (unpaired) electrons. The summed E-state index contributed by atoms with van der Waals surface area (Å²) in [6.45, 7) is 0.143. The minimum atomic E-state index is -0.643. The highest BCUT2D eigenvalue weighted by Crippen LogP contribution is 2.27. The Labute approximate surface area is 125 Å². The molecule has 6 nitrogen and oxygen atoms in total. The summed E-state index contributed by atoms with van der Waals surface area (Å²) in [5.74, 6) is -0.224. The van der Waals surface area contributed by atoms with Crippen LogP contribution in [0.25, 0.3) is 0 Å². The van der Waals surface area contributed by atoms with Gasteiger partial charge in [-0.05, 0) is 30.3 Å². The van der Waals surface area contributed by atoms with Crippen LogP contribution in [0.15, 0.2) is 42.5 Å². The molecule has 0 aliphatic rings. The van der Waals surface area contributed by atoms with Crippen molar-refractivity contribution in [1.29, 1.82) is 5.26 Å². The van der Waals surface area contributed by atoms with E-state index in [2.05, 4.69) is 0 Å². The van der Waals surface area contributed by atoms with E-state index in [0.717, 1.165) is 18.2 Å². The van der Waals surface area contributed by atoms with E-state index >= 15 is 0 Å². The Bertz CT molecular complexity index is 710. The van der Waals surface area contributed by atoms with Gasteiger partial charge in [0.25, 0.3) is 0 Å². The first-order chi connectivity index (χ1) is 10.6. The van der Waals surface area contributed by atoms with Crippen LogP contribution in [0.2, 0.25) is 0 Å². The summed E-state index contributed by atoms with van der Waals surface area (Å²) in [7, 11) is 0. The van der Waals surface area contributed by atoms with Crippen LogP contribution in [0.3, 0.4) is 0 Å². The Morgan fingerprint density at radius 1 is 1.14 bits per heavy atom. The molecular weight excluding hydrogens is 291 g/mol. The van der Waals surface area contributed by atoms with E-state index in [-0.39, 0.29) is 24.7 Å². The molecule has 0 bridgehead atoms. The fraction of sp³-hybridized carbons (Fsp3) is 0.133. The lowest BCUT2D eigenvalue weighted by Crippen LogP contribution is -2.10. The number of hydrogen-bond acceptors (Lipinski definition) is 5. The van der Waals surface area contributed by atoms with Gasteiger partial charge >= 0.3 is 5.69 Å².